The van der Waals surface area contributed by atoms with Gasteiger partial charge in [0.25, 0.3) is 0 Å². The zero-order valence-electron chi connectivity index (χ0n) is 11.2. The second kappa shape index (κ2) is 9.91. The van der Waals surface area contributed by atoms with Crippen molar-refractivity contribution in [3.05, 3.63) is 22.1 Å². The Morgan fingerprint density at radius 3 is 2.50 bits per heavy atom. The van der Waals surface area contributed by atoms with Gasteiger partial charge in [-0.2, -0.15) is 0 Å². The second-order valence-electron chi connectivity index (χ2n) is 3.34. The van der Waals surface area contributed by atoms with E-state index >= 15 is 0 Å². The summed E-state index contributed by atoms with van der Waals surface area (Å²) in [5.41, 5.74) is 0. The second-order valence-corrected chi connectivity index (χ2v) is 4.80. The molecule has 0 aliphatic rings. The summed E-state index contributed by atoms with van der Waals surface area (Å²) in [4.78, 5) is 34.5. The molecule has 0 bridgehead atoms. The molecule has 1 rings (SSSR count). The van der Waals surface area contributed by atoms with Crippen molar-refractivity contribution in [1.29, 1.82) is 0 Å². The van der Waals surface area contributed by atoms with Crippen molar-refractivity contribution in [2.45, 2.75) is 13.0 Å². The number of nitro groups is 1. The van der Waals surface area contributed by atoms with Crippen molar-refractivity contribution in [3.63, 3.8) is 0 Å². The molecule has 1 heterocycles. The summed E-state index contributed by atoms with van der Waals surface area (Å²) >= 11 is 5.59. The Bertz CT molecular complexity index is 495. The van der Waals surface area contributed by atoms with Gasteiger partial charge in [0, 0.05) is 6.92 Å². The first-order valence-corrected chi connectivity index (χ1v) is 6.66. The maximum atomic E-state index is 10.7. The SMILES string of the molecule is Cc1ncc([N+](=O)[O-])n1C(CCl)COP(=O)([O-])[O-].[Na+].[Na+]. The van der Waals surface area contributed by atoms with E-state index in [4.69, 9.17) is 11.6 Å². The molecular formula is C7H9ClN3Na2O6P. The van der Waals surface area contributed by atoms with Crippen LogP contribution in [0.2, 0.25) is 0 Å². The first kappa shape index (κ1) is 23.3. The number of hydrogen-bond donors (Lipinski definition) is 0. The van der Waals surface area contributed by atoms with Crippen LogP contribution in [-0.4, -0.2) is 27.0 Å². The summed E-state index contributed by atoms with van der Waals surface area (Å²) in [6.07, 6.45) is 1.02. The van der Waals surface area contributed by atoms with Gasteiger partial charge in [-0.25, -0.2) is 9.55 Å². The van der Waals surface area contributed by atoms with Gasteiger partial charge < -0.3 is 29.0 Å². The molecule has 0 aliphatic heterocycles. The number of aromatic nitrogens is 2. The van der Waals surface area contributed by atoms with Crippen LogP contribution >= 0.6 is 19.4 Å². The van der Waals surface area contributed by atoms with E-state index in [0.717, 1.165) is 10.8 Å². The summed E-state index contributed by atoms with van der Waals surface area (Å²) in [7, 11) is -5.15. The average molecular weight is 344 g/mol. The molecule has 1 unspecified atom stereocenters. The van der Waals surface area contributed by atoms with Crippen LogP contribution in [0.4, 0.5) is 5.82 Å². The number of rotatable bonds is 6. The number of halogens is 1. The van der Waals surface area contributed by atoms with Crippen molar-refractivity contribution in [1.82, 2.24) is 9.55 Å². The van der Waals surface area contributed by atoms with Crippen LogP contribution < -0.4 is 68.9 Å². The molecule has 1 aromatic rings. The molecule has 1 atom stereocenters. The van der Waals surface area contributed by atoms with Crippen LogP contribution in [0, 0.1) is 17.0 Å². The fraction of sp³-hybridized carbons (Fsp3) is 0.571. The molecule has 0 spiro atoms. The smallest absolute Gasteiger partial charge is 0.790 e. The Kier molecular flexibility index (Phi) is 11.5. The Labute approximate surface area is 164 Å². The summed E-state index contributed by atoms with van der Waals surface area (Å²) < 4.78 is 15.6. The van der Waals surface area contributed by atoms with Gasteiger partial charge in [-0.15, -0.1) is 11.6 Å². The molecule has 0 aliphatic carbocycles. The van der Waals surface area contributed by atoms with Crippen molar-refractivity contribution >= 4 is 25.2 Å². The van der Waals surface area contributed by atoms with Crippen LogP contribution in [0.25, 0.3) is 0 Å². The topological polar surface area (TPSA) is 133 Å². The standard InChI is InChI=1S/C7H11ClN3O6P.2Na/c1-5-9-3-7(11(12)13)10(5)6(2-8)4-17-18(14,15)16;;/h3,6H,2,4H2,1H3,(H2,14,15,16);;/q;2*+1/p-2. The monoisotopic (exact) mass is 343 g/mol. The number of aryl methyl sites for hydroxylation is 1. The van der Waals surface area contributed by atoms with Crippen molar-refractivity contribution in [2.24, 2.45) is 0 Å². The molecule has 13 heteroatoms. The molecule has 1 aromatic heterocycles. The van der Waals surface area contributed by atoms with Gasteiger partial charge in [0.1, 0.15) is 12.2 Å². The van der Waals surface area contributed by atoms with Crippen LogP contribution in [0.1, 0.15) is 11.9 Å². The minimum atomic E-state index is -5.15. The van der Waals surface area contributed by atoms with E-state index in [2.05, 4.69) is 9.51 Å². The summed E-state index contributed by atoms with van der Waals surface area (Å²) in [6, 6.07) is -0.870. The zero-order chi connectivity index (χ0) is 13.9. The quantitative estimate of drug-likeness (QED) is 0.165. The first-order chi connectivity index (χ1) is 8.26. The van der Waals surface area contributed by atoms with Gasteiger partial charge >= 0.3 is 64.9 Å². The number of nitrogens with zero attached hydrogens (tertiary/aromatic N) is 3. The molecule has 0 fully saturated rings. The number of phosphoric acid groups is 1. The Hall–Kier alpha value is 1.01. The Morgan fingerprint density at radius 2 is 2.10 bits per heavy atom. The van der Waals surface area contributed by atoms with E-state index in [1.807, 2.05) is 0 Å². The maximum absolute atomic E-state index is 10.7. The van der Waals surface area contributed by atoms with Crippen LogP contribution in [0.3, 0.4) is 0 Å². The fourth-order valence-electron chi connectivity index (χ4n) is 1.39. The predicted molar refractivity (Wildman–Crippen MR) is 56.9 cm³/mol. The Balaban J connectivity index is 0. The third-order valence-electron chi connectivity index (χ3n) is 2.12. The van der Waals surface area contributed by atoms with Gasteiger partial charge in [-0.05, 0) is 4.92 Å². The van der Waals surface area contributed by atoms with Crippen LogP contribution in [-0.2, 0) is 9.09 Å². The van der Waals surface area contributed by atoms with E-state index in [1.54, 1.807) is 0 Å². The van der Waals surface area contributed by atoms with Gasteiger partial charge in [-0.1, -0.05) is 0 Å². The normalized spacial score (nSPS) is 12.2. The van der Waals surface area contributed by atoms with E-state index < -0.39 is 25.4 Å². The fourth-order valence-corrected chi connectivity index (χ4v) is 1.97. The summed E-state index contributed by atoms with van der Waals surface area (Å²) in [5.74, 6) is -0.256. The molecule has 0 radical (unpaired) electrons. The molecule has 20 heavy (non-hydrogen) atoms. The Morgan fingerprint density at radius 1 is 1.55 bits per heavy atom. The zero-order valence-corrected chi connectivity index (χ0v) is 16.8. The minimum Gasteiger partial charge on any atom is -0.790 e. The third-order valence-corrected chi connectivity index (χ3v) is 2.94. The average Bonchev–Trinajstić information content (AvgIpc) is 2.60. The number of phosphoric ester groups is 1. The molecule has 102 valence electrons. The van der Waals surface area contributed by atoms with E-state index in [1.165, 1.54) is 6.92 Å². The largest absolute Gasteiger partial charge is 1.00 e. The van der Waals surface area contributed by atoms with Gasteiger partial charge in [0.05, 0.1) is 20.3 Å². The van der Waals surface area contributed by atoms with E-state index in [9.17, 15) is 24.5 Å². The number of hydrogen-bond acceptors (Lipinski definition) is 7. The predicted octanol–water partition coefficient (Wildman–Crippen LogP) is -6.27. The maximum Gasteiger partial charge on any atom is 1.00 e. The van der Waals surface area contributed by atoms with Crippen molar-refractivity contribution in [3.8, 4) is 0 Å². The molecule has 0 amide bonds. The van der Waals surface area contributed by atoms with Crippen LogP contribution in [0.5, 0.6) is 0 Å². The van der Waals surface area contributed by atoms with E-state index in [-0.39, 0.29) is 76.6 Å². The molecule has 0 aromatic carbocycles. The molecule has 0 N–H and O–H groups in total. The summed E-state index contributed by atoms with van der Waals surface area (Å²) in [5, 5.41) is 10.7. The van der Waals surface area contributed by atoms with E-state index in [0.29, 0.717) is 0 Å². The molecule has 9 nitrogen and oxygen atoms in total. The van der Waals surface area contributed by atoms with Crippen LogP contribution in [0.15, 0.2) is 6.20 Å². The number of alkyl halides is 1. The van der Waals surface area contributed by atoms with Crippen molar-refractivity contribution < 1.29 is 82.9 Å². The van der Waals surface area contributed by atoms with Gasteiger partial charge in [-0.3, -0.25) is 0 Å². The third kappa shape index (κ3) is 6.85. The number of imidazole rings is 1. The van der Waals surface area contributed by atoms with Crippen molar-refractivity contribution in [2.75, 3.05) is 12.5 Å². The summed E-state index contributed by atoms with van der Waals surface area (Å²) in [6.45, 7) is 0.909. The first-order valence-electron chi connectivity index (χ1n) is 4.67. The van der Waals surface area contributed by atoms with Gasteiger partial charge in [0.2, 0.25) is 0 Å². The molecule has 0 saturated heterocycles. The van der Waals surface area contributed by atoms with Gasteiger partial charge in [0.15, 0.2) is 5.82 Å². The minimum absolute atomic E-state index is 0. The molecular weight excluding hydrogens is 334 g/mol. The molecule has 0 saturated carbocycles.